The van der Waals surface area contributed by atoms with Gasteiger partial charge in [0.15, 0.2) is 0 Å². The predicted octanol–water partition coefficient (Wildman–Crippen LogP) is 3.18. The first-order valence-electron chi connectivity index (χ1n) is 7.80. The summed E-state index contributed by atoms with van der Waals surface area (Å²) in [4.78, 5) is 8.85. The molecule has 0 aliphatic rings. The van der Waals surface area contributed by atoms with Gasteiger partial charge in [-0.05, 0) is 5.56 Å². The van der Waals surface area contributed by atoms with Crippen LogP contribution in [0.25, 0.3) is 11.4 Å². The van der Waals surface area contributed by atoms with Crippen LogP contribution in [-0.4, -0.2) is 19.7 Å². The summed E-state index contributed by atoms with van der Waals surface area (Å²) < 4.78 is 7.48. The van der Waals surface area contributed by atoms with E-state index in [1.807, 2.05) is 36.7 Å². The van der Waals surface area contributed by atoms with Gasteiger partial charge in [-0.15, -0.1) is 12.4 Å². The van der Waals surface area contributed by atoms with Crippen LogP contribution in [0.15, 0.2) is 41.2 Å². The number of hydrogen-bond acceptors (Lipinski definition) is 5. The predicted molar refractivity (Wildman–Crippen MR) is 94.9 cm³/mol. The molecule has 24 heavy (non-hydrogen) atoms. The Morgan fingerprint density at radius 2 is 1.96 bits per heavy atom. The minimum absolute atomic E-state index is 0. The number of benzene rings is 1. The number of aryl methyl sites for hydroxylation is 2. The molecule has 0 fully saturated rings. The van der Waals surface area contributed by atoms with Crippen LogP contribution in [0.3, 0.4) is 0 Å². The van der Waals surface area contributed by atoms with Gasteiger partial charge in [0.2, 0.25) is 11.7 Å². The van der Waals surface area contributed by atoms with Gasteiger partial charge in [0, 0.05) is 43.4 Å². The molecule has 0 bridgehead atoms. The van der Waals surface area contributed by atoms with Gasteiger partial charge in [-0.1, -0.05) is 43.3 Å². The average molecular weight is 348 g/mol. The summed E-state index contributed by atoms with van der Waals surface area (Å²) in [5, 5.41) is 4.06. The maximum atomic E-state index is 5.60. The van der Waals surface area contributed by atoms with Crippen molar-refractivity contribution in [2.24, 2.45) is 5.73 Å². The Labute approximate surface area is 147 Å². The average Bonchev–Trinajstić information content (AvgIpc) is 3.22. The second-order valence-corrected chi connectivity index (χ2v) is 5.80. The zero-order chi connectivity index (χ0) is 16.2. The second kappa shape index (κ2) is 8.08. The summed E-state index contributed by atoms with van der Waals surface area (Å²) in [6, 6.07) is 7.88. The maximum absolute atomic E-state index is 5.60. The molecule has 0 saturated heterocycles. The number of halogens is 1. The molecule has 3 rings (SSSR count). The minimum Gasteiger partial charge on any atom is -0.339 e. The van der Waals surface area contributed by atoms with Gasteiger partial charge < -0.3 is 14.8 Å². The minimum atomic E-state index is 0. The van der Waals surface area contributed by atoms with Crippen LogP contribution in [-0.2, 0) is 19.5 Å². The fourth-order valence-electron chi connectivity index (χ4n) is 2.49. The molecule has 0 amide bonds. The van der Waals surface area contributed by atoms with E-state index in [2.05, 4.69) is 33.5 Å². The summed E-state index contributed by atoms with van der Waals surface area (Å²) in [5.41, 5.74) is 7.62. The Morgan fingerprint density at radius 1 is 1.21 bits per heavy atom. The van der Waals surface area contributed by atoms with Crippen molar-refractivity contribution >= 4 is 12.4 Å². The molecular weight excluding hydrogens is 326 g/mol. The van der Waals surface area contributed by atoms with Crippen LogP contribution in [0, 0.1) is 0 Å². The largest absolute Gasteiger partial charge is 0.339 e. The van der Waals surface area contributed by atoms with Crippen molar-refractivity contribution in [1.82, 2.24) is 19.7 Å². The van der Waals surface area contributed by atoms with Crippen LogP contribution < -0.4 is 5.73 Å². The summed E-state index contributed by atoms with van der Waals surface area (Å²) in [5.74, 6) is 2.70. The Morgan fingerprint density at radius 3 is 2.62 bits per heavy atom. The van der Waals surface area contributed by atoms with Gasteiger partial charge in [0.25, 0.3) is 0 Å². The first-order chi connectivity index (χ1) is 11.2. The zero-order valence-corrected chi connectivity index (χ0v) is 14.7. The van der Waals surface area contributed by atoms with E-state index >= 15 is 0 Å². The molecule has 7 heteroatoms. The Hall–Kier alpha value is -2.18. The molecule has 0 radical (unpaired) electrons. The standard InChI is InChI=1S/C17H21N5O.ClH/c1-12(2)17-19-8-10-22(17)9-7-15-20-16(21-23-15)14-5-3-13(11-18)4-6-14;/h3-6,8,10,12H,7,9,11,18H2,1-2H3;1H. The van der Waals surface area contributed by atoms with E-state index < -0.39 is 0 Å². The third-order valence-electron chi connectivity index (χ3n) is 3.75. The van der Waals surface area contributed by atoms with E-state index in [0.717, 1.165) is 23.5 Å². The van der Waals surface area contributed by atoms with Gasteiger partial charge in [0.05, 0.1) is 0 Å². The van der Waals surface area contributed by atoms with Crippen LogP contribution in [0.2, 0.25) is 0 Å². The van der Waals surface area contributed by atoms with Crippen LogP contribution >= 0.6 is 12.4 Å². The van der Waals surface area contributed by atoms with Crippen molar-refractivity contribution in [2.45, 2.75) is 39.3 Å². The zero-order valence-electron chi connectivity index (χ0n) is 13.8. The van der Waals surface area contributed by atoms with E-state index in [0.29, 0.717) is 30.6 Å². The van der Waals surface area contributed by atoms with Crippen molar-refractivity contribution < 1.29 is 4.52 Å². The lowest BCUT2D eigenvalue weighted by Crippen LogP contribution is -2.07. The highest BCUT2D eigenvalue weighted by atomic mass is 35.5. The second-order valence-electron chi connectivity index (χ2n) is 5.80. The number of nitrogens with two attached hydrogens (primary N) is 1. The van der Waals surface area contributed by atoms with E-state index in [9.17, 15) is 0 Å². The highest BCUT2D eigenvalue weighted by molar-refractivity contribution is 5.85. The van der Waals surface area contributed by atoms with E-state index in [1.54, 1.807) is 0 Å². The molecule has 0 spiro atoms. The molecule has 2 aromatic heterocycles. The lowest BCUT2D eigenvalue weighted by atomic mass is 10.1. The third kappa shape index (κ3) is 4.01. The Bertz CT molecular complexity index is 763. The fraction of sp³-hybridized carbons (Fsp3) is 0.353. The van der Waals surface area contributed by atoms with Gasteiger partial charge in [-0.3, -0.25) is 0 Å². The summed E-state index contributed by atoms with van der Waals surface area (Å²) in [6.07, 6.45) is 4.50. The molecule has 0 aliphatic heterocycles. The highest BCUT2D eigenvalue weighted by Gasteiger charge is 2.11. The van der Waals surface area contributed by atoms with Crippen molar-refractivity contribution in [3.8, 4) is 11.4 Å². The molecule has 0 aliphatic carbocycles. The van der Waals surface area contributed by atoms with E-state index in [1.165, 1.54) is 0 Å². The number of imidazole rings is 1. The molecule has 2 N–H and O–H groups in total. The summed E-state index contributed by atoms with van der Waals surface area (Å²) in [7, 11) is 0. The van der Waals surface area contributed by atoms with E-state index in [-0.39, 0.29) is 12.4 Å². The lowest BCUT2D eigenvalue weighted by Gasteiger charge is -2.08. The SMILES string of the molecule is CC(C)c1nccn1CCc1nc(-c2ccc(CN)cc2)no1.Cl. The summed E-state index contributed by atoms with van der Waals surface area (Å²) in [6.45, 7) is 5.57. The first-order valence-corrected chi connectivity index (χ1v) is 7.80. The van der Waals surface area contributed by atoms with Crippen molar-refractivity contribution in [2.75, 3.05) is 0 Å². The lowest BCUT2D eigenvalue weighted by molar-refractivity contribution is 0.371. The number of hydrogen-bond donors (Lipinski definition) is 1. The van der Waals surface area contributed by atoms with Crippen LogP contribution in [0.4, 0.5) is 0 Å². The van der Waals surface area contributed by atoms with Crippen LogP contribution in [0.5, 0.6) is 0 Å². The highest BCUT2D eigenvalue weighted by Crippen LogP contribution is 2.17. The van der Waals surface area contributed by atoms with Crippen LogP contribution in [0.1, 0.15) is 37.0 Å². The smallest absolute Gasteiger partial charge is 0.228 e. The van der Waals surface area contributed by atoms with Crippen molar-refractivity contribution in [1.29, 1.82) is 0 Å². The molecule has 0 saturated carbocycles. The molecule has 1 aromatic carbocycles. The molecule has 3 aromatic rings. The molecule has 128 valence electrons. The van der Waals surface area contributed by atoms with Gasteiger partial charge in [-0.25, -0.2) is 4.98 Å². The number of nitrogens with zero attached hydrogens (tertiary/aromatic N) is 4. The van der Waals surface area contributed by atoms with Gasteiger partial charge in [0.1, 0.15) is 5.82 Å². The number of aromatic nitrogens is 4. The van der Waals surface area contributed by atoms with Gasteiger partial charge in [-0.2, -0.15) is 4.98 Å². The Kier molecular flexibility index (Phi) is 6.11. The molecule has 2 heterocycles. The molecular formula is C17H22ClN5O. The third-order valence-corrected chi connectivity index (χ3v) is 3.75. The maximum Gasteiger partial charge on any atom is 0.228 e. The quantitative estimate of drug-likeness (QED) is 0.740. The normalized spacial score (nSPS) is 10.8. The monoisotopic (exact) mass is 347 g/mol. The first kappa shape index (κ1) is 18.2. The van der Waals surface area contributed by atoms with E-state index in [4.69, 9.17) is 10.3 Å². The fourth-order valence-corrected chi connectivity index (χ4v) is 2.49. The topological polar surface area (TPSA) is 82.8 Å². The summed E-state index contributed by atoms with van der Waals surface area (Å²) >= 11 is 0. The molecule has 0 atom stereocenters. The molecule has 6 nitrogen and oxygen atoms in total. The van der Waals surface area contributed by atoms with Gasteiger partial charge >= 0.3 is 0 Å². The van der Waals surface area contributed by atoms with Crippen molar-refractivity contribution in [3.63, 3.8) is 0 Å². The Balaban J connectivity index is 0.00000208. The number of rotatable bonds is 6. The van der Waals surface area contributed by atoms with Crippen molar-refractivity contribution in [3.05, 3.63) is 53.9 Å². The molecule has 0 unspecified atom stereocenters.